The Labute approximate surface area is 95.3 Å². The van der Waals surface area contributed by atoms with Crippen LogP contribution in [0.15, 0.2) is 30.3 Å². The van der Waals surface area contributed by atoms with Gasteiger partial charge in [0, 0.05) is 5.56 Å². The summed E-state index contributed by atoms with van der Waals surface area (Å²) >= 11 is 4.32. The van der Waals surface area contributed by atoms with E-state index in [1.807, 2.05) is 0 Å². The minimum Gasteiger partial charge on any atom is -0.268 e. The minimum atomic E-state index is -5.21. The van der Waals surface area contributed by atoms with Crippen molar-refractivity contribution in [2.24, 2.45) is 0 Å². The number of carbonyl (C=O) groups excluding carboxylic acids is 1. The first-order valence-electron chi connectivity index (χ1n) is 3.92. The fourth-order valence-corrected chi connectivity index (χ4v) is 1.42. The van der Waals surface area contributed by atoms with Crippen LogP contribution < -0.4 is 4.72 Å². The molecule has 0 atom stereocenters. The number of nitrogens with one attached hydrogen (secondary N) is 1. The summed E-state index contributed by atoms with van der Waals surface area (Å²) in [4.78, 5) is 11.2. The quantitative estimate of drug-likeness (QED) is 0.847. The van der Waals surface area contributed by atoms with E-state index in [1.54, 1.807) is 6.07 Å². The Morgan fingerprint density at radius 1 is 1.25 bits per heavy atom. The zero-order chi connectivity index (χ0) is 12.4. The zero-order valence-electron chi connectivity index (χ0n) is 7.65. The van der Waals surface area contributed by atoms with Crippen LogP contribution >= 0.6 is 11.6 Å². The van der Waals surface area contributed by atoms with E-state index in [9.17, 15) is 22.0 Å². The van der Waals surface area contributed by atoms with Crippen LogP contribution in [0.4, 0.5) is 8.78 Å². The van der Waals surface area contributed by atoms with Gasteiger partial charge in [-0.05, 0) is 23.7 Å². The molecular formula is C8H6ClF2NO3S. The number of carbonyl (C=O) groups is 1. The highest BCUT2D eigenvalue weighted by molar-refractivity contribution is 7.92. The SMILES string of the molecule is O=C(NS(=O)(=O)C(F)(F)Cl)c1ccccc1. The molecule has 1 amide bonds. The summed E-state index contributed by atoms with van der Waals surface area (Å²) in [5.74, 6) is -1.17. The summed E-state index contributed by atoms with van der Waals surface area (Å²) in [6.45, 7) is 0. The summed E-state index contributed by atoms with van der Waals surface area (Å²) in [5.41, 5.74) is -0.0630. The van der Waals surface area contributed by atoms with Gasteiger partial charge in [0.2, 0.25) is 0 Å². The van der Waals surface area contributed by atoms with E-state index in [0.717, 1.165) is 4.72 Å². The lowest BCUT2D eigenvalue weighted by Gasteiger charge is -2.10. The van der Waals surface area contributed by atoms with Gasteiger partial charge in [0.15, 0.2) is 0 Å². The Morgan fingerprint density at radius 2 is 1.75 bits per heavy atom. The average molecular weight is 270 g/mol. The van der Waals surface area contributed by atoms with Crippen LogP contribution in [0, 0.1) is 0 Å². The molecule has 1 rings (SSSR count). The van der Waals surface area contributed by atoms with Gasteiger partial charge in [-0.2, -0.15) is 17.2 Å². The molecule has 0 spiro atoms. The highest BCUT2D eigenvalue weighted by atomic mass is 35.5. The molecule has 1 N–H and O–H groups in total. The molecule has 0 unspecified atom stereocenters. The molecule has 0 heterocycles. The van der Waals surface area contributed by atoms with Crippen LogP contribution in [0.2, 0.25) is 0 Å². The predicted molar refractivity (Wildman–Crippen MR) is 53.6 cm³/mol. The van der Waals surface area contributed by atoms with Crippen molar-refractivity contribution in [3.63, 3.8) is 0 Å². The Balaban J connectivity index is 2.89. The van der Waals surface area contributed by atoms with Crippen molar-refractivity contribution in [2.75, 3.05) is 0 Å². The molecule has 0 aliphatic heterocycles. The van der Waals surface area contributed by atoms with Crippen LogP contribution in [0.1, 0.15) is 10.4 Å². The summed E-state index contributed by atoms with van der Waals surface area (Å²) in [5, 5.41) is 0. The highest BCUT2D eigenvalue weighted by Gasteiger charge is 2.44. The topological polar surface area (TPSA) is 63.2 Å². The molecule has 1 aromatic carbocycles. The number of halogens is 3. The third-order valence-electron chi connectivity index (χ3n) is 1.57. The van der Waals surface area contributed by atoms with E-state index in [0.29, 0.717) is 0 Å². The maximum Gasteiger partial charge on any atom is 0.441 e. The van der Waals surface area contributed by atoms with Crippen molar-refractivity contribution < 1.29 is 22.0 Å². The smallest absolute Gasteiger partial charge is 0.268 e. The van der Waals surface area contributed by atoms with Crippen molar-refractivity contribution in [3.8, 4) is 0 Å². The Hall–Kier alpha value is -1.21. The van der Waals surface area contributed by atoms with E-state index >= 15 is 0 Å². The second-order valence-electron chi connectivity index (χ2n) is 2.75. The maximum absolute atomic E-state index is 12.3. The van der Waals surface area contributed by atoms with Crippen LogP contribution in [-0.2, 0) is 10.0 Å². The first-order chi connectivity index (χ1) is 7.24. The monoisotopic (exact) mass is 269 g/mol. The summed E-state index contributed by atoms with van der Waals surface area (Å²) < 4.78 is 43.0. The van der Waals surface area contributed by atoms with E-state index in [2.05, 4.69) is 11.6 Å². The second-order valence-corrected chi connectivity index (χ2v) is 5.17. The Morgan fingerprint density at radius 3 is 2.19 bits per heavy atom. The Kier molecular flexibility index (Phi) is 3.49. The zero-order valence-corrected chi connectivity index (χ0v) is 9.23. The first-order valence-corrected chi connectivity index (χ1v) is 5.78. The second kappa shape index (κ2) is 4.34. The third-order valence-corrected chi connectivity index (χ3v) is 3.24. The fourth-order valence-electron chi connectivity index (χ4n) is 0.828. The molecule has 0 radical (unpaired) electrons. The minimum absolute atomic E-state index is 0.0630. The lowest BCUT2D eigenvalue weighted by molar-refractivity contribution is 0.0973. The van der Waals surface area contributed by atoms with Gasteiger partial charge in [-0.25, -0.2) is 4.72 Å². The number of sulfonamides is 1. The van der Waals surface area contributed by atoms with Gasteiger partial charge in [0.05, 0.1) is 0 Å². The van der Waals surface area contributed by atoms with Crippen LogP contribution in [-0.4, -0.2) is 19.0 Å². The number of hydrogen-bond acceptors (Lipinski definition) is 3. The Bertz CT molecular complexity index is 484. The van der Waals surface area contributed by atoms with E-state index in [4.69, 9.17) is 0 Å². The molecule has 16 heavy (non-hydrogen) atoms. The predicted octanol–water partition coefficient (Wildman–Crippen LogP) is 1.54. The first kappa shape index (κ1) is 12.9. The van der Waals surface area contributed by atoms with Crippen molar-refractivity contribution in [2.45, 2.75) is 4.71 Å². The number of benzene rings is 1. The summed E-state index contributed by atoms with van der Waals surface area (Å²) in [7, 11) is -5.21. The molecule has 0 aromatic heterocycles. The standard InChI is InChI=1S/C8H6ClF2NO3S/c9-8(10,11)16(14,15)12-7(13)6-4-2-1-3-5-6/h1-5H,(H,12,13). The maximum atomic E-state index is 12.3. The molecule has 0 saturated carbocycles. The molecular weight excluding hydrogens is 264 g/mol. The molecule has 88 valence electrons. The largest absolute Gasteiger partial charge is 0.441 e. The fraction of sp³-hybridized carbons (Fsp3) is 0.125. The highest BCUT2D eigenvalue weighted by Crippen LogP contribution is 2.25. The van der Waals surface area contributed by atoms with Crippen molar-refractivity contribution in [3.05, 3.63) is 35.9 Å². The van der Waals surface area contributed by atoms with Gasteiger partial charge in [-0.1, -0.05) is 18.2 Å². The molecule has 0 aliphatic rings. The molecule has 0 saturated heterocycles. The summed E-state index contributed by atoms with van der Waals surface area (Å²) in [6.07, 6.45) is 0. The van der Waals surface area contributed by atoms with Gasteiger partial charge in [0.1, 0.15) is 0 Å². The number of rotatable bonds is 3. The van der Waals surface area contributed by atoms with Crippen molar-refractivity contribution in [1.29, 1.82) is 0 Å². The average Bonchev–Trinajstić information content (AvgIpc) is 2.16. The van der Waals surface area contributed by atoms with E-state index < -0.39 is 20.6 Å². The molecule has 8 heteroatoms. The third kappa shape index (κ3) is 2.89. The van der Waals surface area contributed by atoms with Crippen LogP contribution in [0.5, 0.6) is 0 Å². The lowest BCUT2D eigenvalue weighted by atomic mass is 10.2. The number of alkyl halides is 3. The molecule has 1 aromatic rings. The van der Waals surface area contributed by atoms with E-state index in [1.165, 1.54) is 24.3 Å². The van der Waals surface area contributed by atoms with Gasteiger partial charge in [0.25, 0.3) is 5.91 Å². The van der Waals surface area contributed by atoms with Crippen molar-refractivity contribution in [1.82, 2.24) is 4.72 Å². The number of hydrogen-bond donors (Lipinski definition) is 1. The van der Waals surface area contributed by atoms with Gasteiger partial charge >= 0.3 is 14.7 Å². The van der Waals surface area contributed by atoms with Gasteiger partial charge in [-0.15, -0.1) is 0 Å². The molecule has 0 fully saturated rings. The molecule has 0 bridgehead atoms. The van der Waals surface area contributed by atoms with Crippen LogP contribution in [0.25, 0.3) is 0 Å². The lowest BCUT2D eigenvalue weighted by Crippen LogP contribution is -2.39. The van der Waals surface area contributed by atoms with Gasteiger partial charge in [-0.3, -0.25) is 4.79 Å². The van der Waals surface area contributed by atoms with E-state index in [-0.39, 0.29) is 5.56 Å². The summed E-state index contributed by atoms with van der Waals surface area (Å²) in [6, 6.07) is 7.05. The molecule has 4 nitrogen and oxygen atoms in total. The van der Waals surface area contributed by atoms with Crippen LogP contribution in [0.3, 0.4) is 0 Å². The molecule has 0 aliphatic carbocycles. The normalized spacial score (nSPS) is 12.2. The van der Waals surface area contributed by atoms with Crippen molar-refractivity contribution >= 4 is 27.5 Å². The van der Waals surface area contributed by atoms with Gasteiger partial charge < -0.3 is 0 Å². The number of amides is 1.